The minimum absolute atomic E-state index is 0.000323. The number of amides is 1. The standard InChI is InChI=1S/C18H15FN2O2/c19-14-6-2-3-7-15(14)20-17(22)9-10-18(23)21-12-11-13-5-1-4-8-16(13)21/h1-8,11-12H,9-10H2,(H,20,22). The molecule has 0 fully saturated rings. The Morgan fingerprint density at radius 3 is 2.52 bits per heavy atom. The molecule has 0 spiro atoms. The van der Waals surface area contributed by atoms with Gasteiger partial charge in [0.1, 0.15) is 5.82 Å². The Hall–Kier alpha value is -2.95. The highest BCUT2D eigenvalue weighted by molar-refractivity contribution is 5.96. The number of carbonyl (C=O) groups excluding carboxylic acids is 2. The van der Waals surface area contributed by atoms with Gasteiger partial charge in [-0.2, -0.15) is 0 Å². The fourth-order valence-corrected chi connectivity index (χ4v) is 2.42. The summed E-state index contributed by atoms with van der Waals surface area (Å²) in [5.41, 5.74) is 0.934. The first-order valence-electron chi connectivity index (χ1n) is 7.29. The first-order valence-corrected chi connectivity index (χ1v) is 7.29. The molecule has 23 heavy (non-hydrogen) atoms. The first kappa shape index (κ1) is 15.0. The van der Waals surface area contributed by atoms with Crippen molar-refractivity contribution in [2.45, 2.75) is 12.8 Å². The summed E-state index contributed by atoms with van der Waals surface area (Å²) in [7, 11) is 0. The minimum atomic E-state index is -0.497. The third-order valence-corrected chi connectivity index (χ3v) is 3.58. The van der Waals surface area contributed by atoms with Crippen molar-refractivity contribution in [2.75, 3.05) is 5.32 Å². The Bertz CT molecular complexity index is 870. The average molecular weight is 310 g/mol. The zero-order valence-corrected chi connectivity index (χ0v) is 12.3. The Morgan fingerprint density at radius 1 is 0.957 bits per heavy atom. The molecule has 0 saturated carbocycles. The third kappa shape index (κ3) is 3.29. The van der Waals surface area contributed by atoms with Gasteiger partial charge in [0.15, 0.2) is 0 Å². The van der Waals surface area contributed by atoms with Crippen LogP contribution in [0.15, 0.2) is 60.8 Å². The van der Waals surface area contributed by atoms with Crippen LogP contribution in [0.5, 0.6) is 0 Å². The van der Waals surface area contributed by atoms with Gasteiger partial charge in [-0.3, -0.25) is 14.2 Å². The number of benzene rings is 2. The maximum atomic E-state index is 13.5. The van der Waals surface area contributed by atoms with Gasteiger partial charge in [-0.25, -0.2) is 4.39 Å². The summed E-state index contributed by atoms with van der Waals surface area (Å²) in [5, 5.41) is 3.44. The van der Waals surface area contributed by atoms with E-state index in [-0.39, 0.29) is 30.3 Å². The van der Waals surface area contributed by atoms with E-state index in [1.54, 1.807) is 18.3 Å². The monoisotopic (exact) mass is 310 g/mol. The van der Waals surface area contributed by atoms with Crippen LogP contribution in [0.25, 0.3) is 10.9 Å². The molecule has 0 saturated heterocycles. The normalized spacial score (nSPS) is 10.7. The molecule has 0 radical (unpaired) electrons. The summed E-state index contributed by atoms with van der Waals surface area (Å²) < 4.78 is 15.0. The molecule has 0 aliphatic carbocycles. The van der Waals surface area contributed by atoms with E-state index in [4.69, 9.17) is 0 Å². The summed E-state index contributed by atoms with van der Waals surface area (Å²) in [6, 6.07) is 15.3. The molecule has 1 aromatic heterocycles. The van der Waals surface area contributed by atoms with Gasteiger partial charge in [0.25, 0.3) is 0 Å². The van der Waals surface area contributed by atoms with Crippen LogP contribution in [-0.2, 0) is 4.79 Å². The van der Waals surface area contributed by atoms with Crippen LogP contribution in [0.2, 0.25) is 0 Å². The molecule has 1 heterocycles. The molecule has 0 unspecified atom stereocenters. The van der Waals surface area contributed by atoms with E-state index in [2.05, 4.69) is 5.32 Å². The Kier molecular flexibility index (Phi) is 4.19. The van der Waals surface area contributed by atoms with E-state index >= 15 is 0 Å². The first-order chi connectivity index (χ1) is 11.1. The molecule has 0 aliphatic rings. The van der Waals surface area contributed by atoms with Crippen molar-refractivity contribution in [3.8, 4) is 0 Å². The zero-order chi connectivity index (χ0) is 16.2. The smallest absolute Gasteiger partial charge is 0.231 e. The molecule has 1 amide bonds. The largest absolute Gasteiger partial charge is 0.324 e. The lowest BCUT2D eigenvalue weighted by Gasteiger charge is -2.07. The van der Waals surface area contributed by atoms with E-state index in [0.717, 1.165) is 10.9 Å². The molecule has 0 bridgehead atoms. The van der Waals surface area contributed by atoms with Gasteiger partial charge in [-0.05, 0) is 24.3 Å². The van der Waals surface area contributed by atoms with Crippen molar-refractivity contribution in [2.24, 2.45) is 0 Å². The average Bonchev–Trinajstić information content (AvgIpc) is 2.99. The van der Waals surface area contributed by atoms with E-state index in [9.17, 15) is 14.0 Å². The maximum Gasteiger partial charge on any atom is 0.231 e. The number of hydrogen-bond donors (Lipinski definition) is 1. The van der Waals surface area contributed by atoms with Crippen LogP contribution in [0.1, 0.15) is 17.6 Å². The molecule has 3 aromatic rings. The summed E-state index contributed by atoms with van der Waals surface area (Å²) in [6.07, 6.45) is 1.75. The fraction of sp³-hybridized carbons (Fsp3) is 0.111. The lowest BCUT2D eigenvalue weighted by atomic mass is 10.2. The van der Waals surface area contributed by atoms with Crippen molar-refractivity contribution >= 4 is 28.4 Å². The fourth-order valence-electron chi connectivity index (χ4n) is 2.42. The second-order valence-electron chi connectivity index (χ2n) is 5.17. The van der Waals surface area contributed by atoms with Crippen LogP contribution in [-0.4, -0.2) is 16.4 Å². The predicted octanol–water partition coefficient (Wildman–Crippen LogP) is 3.84. The molecular formula is C18H15FN2O2. The van der Waals surface area contributed by atoms with Crippen molar-refractivity contribution in [1.82, 2.24) is 4.57 Å². The summed E-state index contributed by atoms with van der Waals surface area (Å²) in [6.45, 7) is 0. The van der Waals surface area contributed by atoms with Crippen molar-refractivity contribution < 1.29 is 14.0 Å². The number of nitrogens with one attached hydrogen (secondary N) is 1. The summed E-state index contributed by atoms with van der Waals surface area (Å²) in [5.74, 6) is -1.06. The van der Waals surface area contributed by atoms with E-state index in [1.165, 1.54) is 16.7 Å². The van der Waals surface area contributed by atoms with Crippen molar-refractivity contribution in [3.63, 3.8) is 0 Å². The highest BCUT2D eigenvalue weighted by atomic mass is 19.1. The van der Waals surface area contributed by atoms with Gasteiger partial charge in [0, 0.05) is 24.4 Å². The number of nitrogens with zero attached hydrogens (tertiary/aromatic N) is 1. The van der Waals surface area contributed by atoms with Gasteiger partial charge in [-0.15, -0.1) is 0 Å². The molecule has 3 rings (SSSR count). The predicted molar refractivity (Wildman–Crippen MR) is 86.8 cm³/mol. The second-order valence-corrected chi connectivity index (χ2v) is 5.17. The number of anilines is 1. The lowest BCUT2D eigenvalue weighted by molar-refractivity contribution is -0.116. The van der Waals surface area contributed by atoms with Gasteiger partial charge in [0.2, 0.25) is 11.8 Å². The number of carbonyl (C=O) groups is 2. The lowest BCUT2D eigenvalue weighted by Crippen LogP contribution is -2.16. The number of halogens is 1. The maximum absolute atomic E-state index is 13.5. The van der Waals surface area contributed by atoms with E-state index in [0.29, 0.717) is 0 Å². The van der Waals surface area contributed by atoms with Crippen LogP contribution < -0.4 is 5.32 Å². The highest BCUT2D eigenvalue weighted by Crippen LogP contribution is 2.16. The summed E-state index contributed by atoms with van der Waals surface area (Å²) in [4.78, 5) is 24.1. The molecule has 0 atom stereocenters. The number of aromatic nitrogens is 1. The molecular weight excluding hydrogens is 295 g/mol. The van der Waals surface area contributed by atoms with Crippen LogP contribution in [0, 0.1) is 5.82 Å². The van der Waals surface area contributed by atoms with Crippen LogP contribution in [0.3, 0.4) is 0 Å². The van der Waals surface area contributed by atoms with Gasteiger partial charge >= 0.3 is 0 Å². The number of fused-ring (bicyclic) bond motifs is 1. The van der Waals surface area contributed by atoms with Gasteiger partial charge in [0.05, 0.1) is 11.2 Å². The molecule has 1 N–H and O–H groups in total. The molecule has 4 nitrogen and oxygen atoms in total. The summed E-state index contributed by atoms with van der Waals surface area (Å²) >= 11 is 0. The van der Waals surface area contributed by atoms with Crippen molar-refractivity contribution in [3.05, 3.63) is 66.6 Å². The topological polar surface area (TPSA) is 51.1 Å². The zero-order valence-electron chi connectivity index (χ0n) is 12.3. The highest BCUT2D eigenvalue weighted by Gasteiger charge is 2.12. The molecule has 5 heteroatoms. The van der Waals surface area contributed by atoms with Crippen LogP contribution in [0.4, 0.5) is 10.1 Å². The number of rotatable bonds is 4. The Labute approximate surface area is 132 Å². The molecule has 2 aromatic carbocycles. The SMILES string of the molecule is O=C(CCC(=O)n1ccc2ccccc21)Nc1ccccc1F. The van der Waals surface area contributed by atoms with E-state index < -0.39 is 5.82 Å². The number of hydrogen-bond acceptors (Lipinski definition) is 2. The number of para-hydroxylation sites is 2. The Morgan fingerprint density at radius 2 is 1.70 bits per heavy atom. The Balaban J connectivity index is 1.63. The van der Waals surface area contributed by atoms with E-state index in [1.807, 2.05) is 30.3 Å². The van der Waals surface area contributed by atoms with Crippen LogP contribution >= 0.6 is 0 Å². The molecule has 0 aliphatic heterocycles. The molecule has 116 valence electrons. The van der Waals surface area contributed by atoms with Crippen molar-refractivity contribution in [1.29, 1.82) is 0 Å². The van der Waals surface area contributed by atoms with Gasteiger partial charge in [-0.1, -0.05) is 30.3 Å². The quantitative estimate of drug-likeness (QED) is 0.796. The van der Waals surface area contributed by atoms with Gasteiger partial charge < -0.3 is 5.32 Å². The third-order valence-electron chi connectivity index (χ3n) is 3.58. The minimum Gasteiger partial charge on any atom is -0.324 e. The second kappa shape index (κ2) is 6.44.